The minimum absolute atomic E-state index is 0.0764. The van der Waals surface area contributed by atoms with Crippen molar-refractivity contribution in [1.82, 2.24) is 14.9 Å². The number of benzene rings is 1. The molecule has 1 aromatic heterocycles. The normalized spacial score (nSPS) is 12.1. The lowest BCUT2D eigenvalue weighted by molar-refractivity contribution is -0.138. The topological polar surface area (TPSA) is 83.4 Å². The van der Waals surface area contributed by atoms with Gasteiger partial charge in [0.05, 0.1) is 17.5 Å². The maximum absolute atomic E-state index is 12.5. The van der Waals surface area contributed by atoms with E-state index in [0.29, 0.717) is 17.6 Å². The lowest BCUT2D eigenvalue weighted by Crippen LogP contribution is -2.39. The lowest BCUT2D eigenvalue weighted by atomic mass is 10.1. The first-order valence-electron chi connectivity index (χ1n) is 6.76. The summed E-state index contributed by atoms with van der Waals surface area (Å²) in [5.41, 5.74) is 1.85. The van der Waals surface area contributed by atoms with Crippen LogP contribution in [-0.4, -0.2) is 44.4 Å². The molecular weight excluding hydrogens is 270 g/mol. The lowest BCUT2D eigenvalue weighted by Gasteiger charge is -2.27. The second-order valence-electron chi connectivity index (χ2n) is 4.80. The number of carboxylic acid groups (broad SMARTS) is 1. The molecule has 6 heteroatoms. The number of aromatic nitrogens is 2. The van der Waals surface area contributed by atoms with E-state index in [-0.39, 0.29) is 18.4 Å². The third-order valence-electron chi connectivity index (χ3n) is 3.32. The largest absolute Gasteiger partial charge is 0.481 e. The van der Waals surface area contributed by atoms with Gasteiger partial charge in [-0.25, -0.2) is 0 Å². The zero-order chi connectivity index (χ0) is 15.4. The molecule has 1 heterocycles. The second-order valence-corrected chi connectivity index (χ2v) is 4.80. The molecule has 1 atom stereocenters. The standard InChI is InChI=1S/C15H17N3O3/c1-3-18(10(2)8-14(19)20)15(21)11-4-5-12-13(9-11)17-7-6-16-12/h4-7,9-10H,3,8H2,1-2H3,(H,19,20). The highest BCUT2D eigenvalue weighted by atomic mass is 16.4. The summed E-state index contributed by atoms with van der Waals surface area (Å²) in [4.78, 5) is 33.2. The van der Waals surface area contributed by atoms with Gasteiger partial charge < -0.3 is 10.0 Å². The van der Waals surface area contributed by atoms with E-state index in [0.717, 1.165) is 5.52 Å². The Morgan fingerprint density at radius 2 is 1.90 bits per heavy atom. The van der Waals surface area contributed by atoms with E-state index >= 15 is 0 Å². The highest BCUT2D eigenvalue weighted by Crippen LogP contribution is 2.15. The zero-order valence-electron chi connectivity index (χ0n) is 12.0. The number of nitrogens with zero attached hydrogens (tertiary/aromatic N) is 3. The van der Waals surface area contributed by atoms with Crippen LogP contribution in [0.1, 0.15) is 30.6 Å². The SMILES string of the molecule is CCN(C(=O)c1ccc2nccnc2c1)C(C)CC(=O)O. The predicted octanol–water partition coefficient (Wildman–Crippen LogP) is 1.96. The van der Waals surface area contributed by atoms with E-state index < -0.39 is 5.97 Å². The molecule has 0 saturated carbocycles. The molecule has 0 bridgehead atoms. The predicted molar refractivity (Wildman–Crippen MR) is 78.0 cm³/mol. The van der Waals surface area contributed by atoms with Crippen molar-refractivity contribution in [2.24, 2.45) is 0 Å². The molecule has 2 aromatic rings. The Kier molecular flexibility index (Phi) is 4.47. The summed E-state index contributed by atoms with van der Waals surface area (Å²) in [5.74, 6) is -1.11. The fourth-order valence-corrected chi connectivity index (χ4v) is 2.28. The first-order chi connectivity index (χ1) is 10.0. The van der Waals surface area contributed by atoms with E-state index in [9.17, 15) is 9.59 Å². The van der Waals surface area contributed by atoms with Gasteiger partial charge in [0.1, 0.15) is 0 Å². The second kappa shape index (κ2) is 6.30. The van der Waals surface area contributed by atoms with Crippen molar-refractivity contribution >= 4 is 22.9 Å². The summed E-state index contributed by atoms with van der Waals surface area (Å²) < 4.78 is 0. The van der Waals surface area contributed by atoms with Crippen LogP contribution in [0.5, 0.6) is 0 Å². The number of aliphatic carboxylic acids is 1. The highest BCUT2D eigenvalue weighted by molar-refractivity contribution is 5.97. The Hall–Kier alpha value is -2.50. The average Bonchev–Trinajstić information content (AvgIpc) is 2.46. The Balaban J connectivity index is 2.28. The van der Waals surface area contributed by atoms with Gasteiger partial charge in [-0.3, -0.25) is 19.6 Å². The van der Waals surface area contributed by atoms with E-state index in [1.165, 1.54) is 0 Å². The van der Waals surface area contributed by atoms with Crippen LogP contribution < -0.4 is 0 Å². The molecule has 0 aliphatic heterocycles. The van der Waals surface area contributed by atoms with E-state index in [2.05, 4.69) is 9.97 Å². The first-order valence-corrected chi connectivity index (χ1v) is 6.76. The van der Waals surface area contributed by atoms with Gasteiger partial charge in [-0.2, -0.15) is 0 Å². The van der Waals surface area contributed by atoms with Gasteiger partial charge in [-0.05, 0) is 32.0 Å². The number of carbonyl (C=O) groups is 2. The van der Waals surface area contributed by atoms with Gasteiger partial charge in [0.15, 0.2) is 0 Å². The van der Waals surface area contributed by atoms with Crippen molar-refractivity contribution in [1.29, 1.82) is 0 Å². The van der Waals surface area contributed by atoms with E-state index in [1.54, 1.807) is 42.4 Å². The van der Waals surface area contributed by atoms with E-state index in [1.807, 2.05) is 6.92 Å². The molecule has 2 rings (SSSR count). The fourth-order valence-electron chi connectivity index (χ4n) is 2.28. The number of carbonyl (C=O) groups excluding carboxylic acids is 1. The summed E-state index contributed by atoms with van der Waals surface area (Å²) in [6.45, 7) is 4.01. The summed E-state index contributed by atoms with van der Waals surface area (Å²) in [5, 5.41) is 8.87. The van der Waals surface area contributed by atoms with Crippen LogP contribution in [-0.2, 0) is 4.79 Å². The van der Waals surface area contributed by atoms with Crippen LogP contribution >= 0.6 is 0 Å². The summed E-state index contributed by atoms with van der Waals surface area (Å²) >= 11 is 0. The van der Waals surface area contributed by atoms with Gasteiger partial charge >= 0.3 is 5.97 Å². The average molecular weight is 287 g/mol. The summed E-state index contributed by atoms with van der Waals surface area (Å²) in [6.07, 6.45) is 3.09. The number of hydrogen-bond donors (Lipinski definition) is 1. The molecule has 1 unspecified atom stereocenters. The zero-order valence-corrected chi connectivity index (χ0v) is 12.0. The van der Waals surface area contributed by atoms with Crippen molar-refractivity contribution in [2.45, 2.75) is 26.3 Å². The van der Waals surface area contributed by atoms with Gasteiger partial charge in [0.25, 0.3) is 5.91 Å². The minimum atomic E-state index is -0.918. The van der Waals surface area contributed by atoms with Crippen LogP contribution in [0.3, 0.4) is 0 Å². The Bertz CT molecular complexity index is 672. The Morgan fingerprint density at radius 3 is 2.52 bits per heavy atom. The third kappa shape index (κ3) is 3.34. The monoisotopic (exact) mass is 287 g/mol. The summed E-state index contributed by atoms with van der Waals surface area (Å²) in [6, 6.07) is 4.75. The molecule has 0 saturated heterocycles. The molecule has 1 N–H and O–H groups in total. The molecule has 21 heavy (non-hydrogen) atoms. The van der Waals surface area contributed by atoms with Crippen LogP contribution in [0.4, 0.5) is 0 Å². The van der Waals surface area contributed by atoms with Crippen molar-refractivity contribution in [2.75, 3.05) is 6.54 Å². The van der Waals surface area contributed by atoms with Gasteiger partial charge in [0.2, 0.25) is 0 Å². The summed E-state index contributed by atoms with van der Waals surface area (Å²) in [7, 11) is 0. The van der Waals surface area contributed by atoms with Crippen molar-refractivity contribution in [3.63, 3.8) is 0 Å². The number of rotatable bonds is 5. The molecule has 1 aromatic carbocycles. The molecular formula is C15H17N3O3. The maximum atomic E-state index is 12.5. The van der Waals surface area contributed by atoms with Crippen molar-refractivity contribution in [3.05, 3.63) is 36.2 Å². The smallest absolute Gasteiger partial charge is 0.305 e. The van der Waals surface area contributed by atoms with Crippen molar-refractivity contribution in [3.8, 4) is 0 Å². The maximum Gasteiger partial charge on any atom is 0.305 e. The first kappa shape index (κ1) is 14.9. The number of carboxylic acids is 1. The number of fused-ring (bicyclic) bond motifs is 1. The molecule has 0 fully saturated rings. The van der Waals surface area contributed by atoms with Gasteiger partial charge in [-0.15, -0.1) is 0 Å². The molecule has 110 valence electrons. The molecule has 0 spiro atoms. The highest BCUT2D eigenvalue weighted by Gasteiger charge is 2.22. The molecule has 1 amide bonds. The van der Waals surface area contributed by atoms with Crippen LogP contribution in [0.15, 0.2) is 30.6 Å². The van der Waals surface area contributed by atoms with Crippen LogP contribution in [0, 0.1) is 0 Å². The van der Waals surface area contributed by atoms with Gasteiger partial charge in [0, 0.05) is 30.5 Å². The Morgan fingerprint density at radius 1 is 1.24 bits per heavy atom. The third-order valence-corrected chi connectivity index (χ3v) is 3.32. The van der Waals surface area contributed by atoms with E-state index in [4.69, 9.17) is 5.11 Å². The Labute approximate surface area is 122 Å². The van der Waals surface area contributed by atoms with Crippen LogP contribution in [0.2, 0.25) is 0 Å². The quantitative estimate of drug-likeness (QED) is 0.908. The minimum Gasteiger partial charge on any atom is -0.481 e. The molecule has 0 radical (unpaired) electrons. The molecule has 6 nitrogen and oxygen atoms in total. The number of amides is 1. The van der Waals surface area contributed by atoms with Gasteiger partial charge in [-0.1, -0.05) is 0 Å². The van der Waals surface area contributed by atoms with Crippen molar-refractivity contribution < 1.29 is 14.7 Å². The molecule has 0 aliphatic rings. The number of hydrogen-bond acceptors (Lipinski definition) is 4. The molecule has 0 aliphatic carbocycles. The van der Waals surface area contributed by atoms with Crippen LogP contribution in [0.25, 0.3) is 11.0 Å². The fraction of sp³-hybridized carbons (Fsp3) is 0.333.